The van der Waals surface area contributed by atoms with E-state index in [4.69, 9.17) is 15.3 Å². The minimum absolute atomic E-state index is 0.173. The Morgan fingerprint density at radius 2 is 2.00 bits per heavy atom. The van der Waals surface area contributed by atoms with Gasteiger partial charge in [0.05, 0.1) is 30.4 Å². The number of ether oxygens (including phenoxy) is 1. The summed E-state index contributed by atoms with van der Waals surface area (Å²) in [6.07, 6.45) is 2.88. The Morgan fingerprint density at radius 1 is 1.24 bits per heavy atom. The summed E-state index contributed by atoms with van der Waals surface area (Å²) in [6.45, 7) is 1.77. The fourth-order valence-electron chi connectivity index (χ4n) is 1.76. The van der Waals surface area contributed by atoms with Crippen molar-refractivity contribution < 1.29 is 9.53 Å². The van der Waals surface area contributed by atoms with Crippen LogP contribution >= 0.6 is 0 Å². The molecule has 0 fully saturated rings. The van der Waals surface area contributed by atoms with Crippen LogP contribution in [0.4, 0.5) is 11.4 Å². The summed E-state index contributed by atoms with van der Waals surface area (Å²) in [5.74, 6) is -0.0649. The highest BCUT2D eigenvalue weighted by atomic mass is 16.5. The molecule has 0 spiro atoms. The second kappa shape index (κ2) is 8.04. The van der Waals surface area contributed by atoms with Gasteiger partial charge in [0.25, 0.3) is 5.91 Å². The number of anilines is 2. The summed E-state index contributed by atoms with van der Waals surface area (Å²) in [6, 6.07) is 8.03. The third-order valence-corrected chi connectivity index (χ3v) is 2.97. The van der Waals surface area contributed by atoms with Crippen molar-refractivity contribution in [3.8, 4) is 17.9 Å². The Morgan fingerprint density at radius 3 is 2.60 bits per heavy atom. The van der Waals surface area contributed by atoms with Crippen LogP contribution in [0, 0.1) is 29.6 Å². The SMILES string of the molecule is COc1cc(NN=C(C#N)C#N)ccc1NC(=O)c1cnc(C)cn1. The first-order chi connectivity index (χ1) is 12.1. The molecule has 0 radical (unpaired) electrons. The second-order valence-electron chi connectivity index (χ2n) is 4.71. The molecule has 0 saturated carbocycles. The van der Waals surface area contributed by atoms with Crippen LogP contribution in [-0.4, -0.2) is 28.7 Å². The third-order valence-electron chi connectivity index (χ3n) is 2.97. The lowest BCUT2D eigenvalue weighted by Crippen LogP contribution is -2.14. The predicted octanol–water partition coefficient (Wildman–Crippen LogP) is 1.86. The topological polar surface area (TPSA) is 136 Å². The van der Waals surface area contributed by atoms with E-state index in [-0.39, 0.29) is 11.4 Å². The molecule has 2 rings (SSSR count). The highest BCUT2D eigenvalue weighted by Crippen LogP contribution is 2.28. The molecule has 2 aromatic rings. The second-order valence-corrected chi connectivity index (χ2v) is 4.71. The molecule has 1 aromatic carbocycles. The maximum atomic E-state index is 12.2. The molecule has 1 heterocycles. The van der Waals surface area contributed by atoms with Gasteiger partial charge in [-0.05, 0) is 19.1 Å². The Bertz CT molecular complexity index is 876. The molecule has 0 saturated heterocycles. The minimum Gasteiger partial charge on any atom is -0.494 e. The van der Waals surface area contributed by atoms with Gasteiger partial charge >= 0.3 is 0 Å². The van der Waals surface area contributed by atoms with Gasteiger partial charge in [-0.15, -0.1) is 0 Å². The van der Waals surface area contributed by atoms with Gasteiger partial charge in [0.1, 0.15) is 23.6 Å². The zero-order chi connectivity index (χ0) is 18.2. The van der Waals surface area contributed by atoms with Crippen LogP contribution in [0.3, 0.4) is 0 Å². The van der Waals surface area contributed by atoms with Crippen molar-refractivity contribution >= 4 is 23.0 Å². The van der Waals surface area contributed by atoms with Gasteiger partial charge in [0, 0.05) is 12.3 Å². The Balaban J connectivity index is 2.18. The molecule has 9 nitrogen and oxygen atoms in total. The number of hydrazone groups is 1. The number of methoxy groups -OCH3 is 1. The lowest BCUT2D eigenvalue weighted by Gasteiger charge is -2.11. The summed E-state index contributed by atoms with van der Waals surface area (Å²) < 4.78 is 5.23. The average Bonchev–Trinajstić information content (AvgIpc) is 2.64. The quantitative estimate of drug-likeness (QED) is 0.628. The van der Waals surface area contributed by atoms with Crippen molar-refractivity contribution in [2.45, 2.75) is 6.92 Å². The van der Waals surface area contributed by atoms with Gasteiger partial charge in [0.15, 0.2) is 0 Å². The molecule has 1 amide bonds. The van der Waals surface area contributed by atoms with E-state index in [9.17, 15) is 4.79 Å². The van der Waals surface area contributed by atoms with Crippen LogP contribution in [0.1, 0.15) is 16.2 Å². The van der Waals surface area contributed by atoms with E-state index >= 15 is 0 Å². The molecular weight excluding hydrogens is 322 g/mol. The largest absolute Gasteiger partial charge is 0.494 e. The van der Waals surface area contributed by atoms with Crippen LogP contribution in [0.5, 0.6) is 5.75 Å². The summed E-state index contributed by atoms with van der Waals surface area (Å²) in [7, 11) is 1.44. The van der Waals surface area contributed by atoms with Crippen molar-refractivity contribution in [2.75, 3.05) is 17.9 Å². The Kier molecular flexibility index (Phi) is 5.59. The number of rotatable bonds is 5. The fourth-order valence-corrected chi connectivity index (χ4v) is 1.76. The number of hydrogen-bond donors (Lipinski definition) is 2. The minimum atomic E-state index is -0.430. The molecule has 0 bridgehead atoms. The number of hydrogen-bond acceptors (Lipinski definition) is 8. The molecule has 0 aliphatic heterocycles. The predicted molar refractivity (Wildman–Crippen MR) is 90.0 cm³/mol. The van der Waals surface area contributed by atoms with Crippen molar-refractivity contribution in [2.24, 2.45) is 5.10 Å². The lowest BCUT2D eigenvalue weighted by atomic mass is 10.2. The maximum absolute atomic E-state index is 12.2. The highest BCUT2D eigenvalue weighted by Gasteiger charge is 2.12. The monoisotopic (exact) mass is 335 g/mol. The highest BCUT2D eigenvalue weighted by molar-refractivity contribution is 6.10. The van der Waals surface area contributed by atoms with Crippen LogP contribution < -0.4 is 15.5 Å². The molecule has 124 valence electrons. The molecule has 0 aliphatic rings. The van der Waals surface area contributed by atoms with Gasteiger partial charge < -0.3 is 10.1 Å². The normalized spacial score (nSPS) is 9.28. The molecule has 0 aliphatic carbocycles. The van der Waals surface area contributed by atoms with Crippen LogP contribution in [0.25, 0.3) is 0 Å². The number of amides is 1. The van der Waals surface area contributed by atoms with Gasteiger partial charge in [-0.25, -0.2) is 4.98 Å². The summed E-state index contributed by atoms with van der Waals surface area (Å²) in [4.78, 5) is 20.2. The maximum Gasteiger partial charge on any atom is 0.275 e. The van der Waals surface area contributed by atoms with Crippen molar-refractivity contribution in [1.29, 1.82) is 10.5 Å². The van der Waals surface area contributed by atoms with E-state index in [2.05, 4.69) is 25.8 Å². The number of aromatic nitrogens is 2. The fraction of sp³-hybridized carbons (Fsp3) is 0.125. The van der Waals surface area contributed by atoms with Gasteiger partial charge in [0.2, 0.25) is 5.71 Å². The number of benzene rings is 1. The lowest BCUT2D eigenvalue weighted by molar-refractivity contribution is 0.102. The molecule has 9 heteroatoms. The number of carbonyl (C=O) groups is 1. The van der Waals surface area contributed by atoms with E-state index in [1.54, 1.807) is 37.3 Å². The van der Waals surface area contributed by atoms with Crippen LogP contribution in [0.2, 0.25) is 0 Å². The molecule has 0 unspecified atom stereocenters. The van der Waals surface area contributed by atoms with E-state index in [1.165, 1.54) is 19.5 Å². The Hall–Kier alpha value is -3.98. The van der Waals surface area contributed by atoms with Crippen LogP contribution in [0.15, 0.2) is 35.7 Å². The molecule has 1 aromatic heterocycles. The van der Waals surface area contributed by atoms with Crippen molar-refractivity contribution in [1.82, 2.24) is 9.97 Å². The first kappa shape index (κ1) is 17.4. The number of nitrogens with one attached hydrogen (secondary N) is 2. The van der Waals surface area contributed by atoms with E-state index in [0.717, 1.165) is 0 Å². The first-order valence-electron chi connectivity index (χ1n) is 6.99. The summed E-state index contributed by atoms with van der Waals surface area (Å²) >= 11 is 0. The van der Waals surface area contributed by atoms with Gasteiger partial charge in [-0.2, -0.15) is 15.6 Å². The Labute approximate surface area is 143 Å². The zero-order valence-electron chi connectivity index (χ0n) is 13.4. The number of aryl methyl sites for hydroxylation is 1. The molecular formula is C16H13N7O2. The van der Waals surface area contributed by atoms with Crippen LogP contribution in [-0.2, 0) is 0 Å². The number of carbonyl (C=O) groups excluding carboxylic acids is 1. The number of nitrogens with zero attached hydrogens (tertiary/aromatic N) is 5. The first-order valence-corrected chi connectivity index (χ1v) is 6.99. The van der Waals surface area contributed by atoms with E-state index < -0.39 is 5.91 Å². The zero-order valence-corrected chi connectivity index (χ0v) is 13.4. The molecule has 0 atom stereocenters. The number of nitriles is 2. The molecule has 25 heavy (non-hydrogen) atoms. The summed E-state index contributed by atoms with van der Waals surface area (Å²) in [5.41, 5.74) is 4.04. The summed E-state index contributed by atoms with van der Waals surface area (Å²) in [5, 5.41) is 23.6. The van der Waals surface area contributed by atoms with E-state index in [1.807, 2.05) is 0 Å². The van der Waals surface area contributed by atoms with Crippen molar-refractivity contribution in [3.63, 3.8) is 0 Å². The van der Waals surface area contributed by atoms with Gasteiger partial charge in [-0.1, -0.05) is 0 Å². The average molecular weight is 335 g/mol. The van der Waals surface area contributed by atoms with Crippen molar-refractivity contribution in [3.05, 3.63) is 42.0 Å². The van der Waals surface area contributed by atoms with E-state index in [0.29, 0.717) is 22.8 Å². The van der Waals surface area contributed by atoms with Gasteiger partial charge in [-0.3, -0.25) is 15.2 Å². The standard InChI is InChI=1S/C16H13N7O2/c1-10-8-20-14(9-19-10)16(24)21-13-4-3-11(5-15(13)25-2)22-23-12(6-17)7-18/h3-5,8-9,22H,1-2H3,(H,21,24). The third kappa shape index (κ3) is 4.50. The molecule has 2 N–H and O–H groups in total. The smallest absolute Gasteiger partial charge is 0.275 e.